The van der Waals surface area contributed by atoms with Gasteiger partial charge in [0.05, 0.1) is 11.8 Å². The van der Waals surface area contributed by atoms with Crippen LogP contribution in [0.4, 0.5) is 26.3 Å². The largest absolute Gasteiger partial charge is 0.465 e. The fraction of sp³-hybridized carbons (Fsp3) is 0.875. The smallest absolute Gasteiger partial charge is 0.434 e. The molecular weight excluding hydrogens is 370 g/mol. The summed E-state index contributed by atoms with van der Waals surface area (Å²) in [4.78, 5) is 23.5. The van der Waals surface area contributed by atoms with Crippen LogP contribution >= 0.6 is 0 Å². The Kier molecular flexibility index (Phi) is 8.43. The van der Waals surface area contributed by atoms with Gasteiger partial charge in [0.2, 0.25) is 0 Å². The Morgan fingerprint density at radius 3 is 1.73 bits per heavy atom. The van der Waals surface area contributed by atoms with Gasteiger partial charge in [-0.3, -0.25) is 9.59 Å². The highest BCUT2D eigenvalue weighted by molar-refractivity contribution is 5.77. The molecule has 26 heavy (non-hydrogen) atoms. The van der Waals surface area contributed by atoms with Gasteiger partial charge in [-0.15, -0.1) is 0 Å². The Hall–Kier alpha value is -1.48. The zero-order valence-electron chi connectivity index (χ0n) is 15.3. The van der Waals surface area contributed by atoms with Gasteiger partial charge < -0.3 is 9.47 Å². The molecule has 0 radical (unpaired) electrons. The van der Waals surface area contributed by atoms with Crippen LogP contribution in [-0.2, 0) is 19.1 Å². The van der Waals surface area contributed by atoms with E-state index in [1.54, 1.807) is 20.8 Å². The van der Waals surface area contributed by atoms with Crippen LogP contribution in [0.25, 0.3) is 0 Å². The molecule has 0 aromatic carbocycles. The first-order valence-corrected chi connectivity index (χ1v) is 8.02. The molecule has 4 nitrogen and oxygen atoms in total. The van der Waals surface area contributed by atoms with Gasteiger partial charge in [-0.1, -0.05) is 27.7 Å². The van der Waals surface area contributed by atoms with Gasteiger partial charge in [0.1, 0.15) is 6.61 Å². The van der Waals surface area contributed by atoms with E-state index in [1.807, 2.05) is 13.8 Å². The maximum atomic E-state index is 12.3. The molecular formula is C16H24F6O4. The Morgan fingerprint density at radius 1 is 0.923 bits per heavy atom. The van der Waals surface area contributed by atoms with E-state index in [0.29, 0.717) is 6.42 Å². The number of esters is 2. The van der Waals surface area contributed by atoms with Crippen molar-refractivity contribution in [3.05, 3.63) is 0 Å². The molecule has 0 amide bonds. The highest BCUT2D eigenvalue weighted by atomic mass is 19.4. The first-order chi connectivity index (χ1) is 11.5. The van der Waals surface area contributed by atoms with Crippen LogP contribution in [0.2, 0.25) is 0 Å². The monoisotopic (exact) mass is 394 g/mol. The third-order valence-electron chi connectivity index (χ3n) is 3.96. The second-order valence-electron chi connectivity index (χ2n) is 7.01. The summed E-state index contributed by atoms with van der Waals surface area (Å²) < 4.78 is 82.2. The molecule has 0 saturated heterocycles. The van der Waals surface area contributed by atoms with E-state index in [1.165, 1.54) is 0 Å². The van der Waals surface area contributed by atoms with Crippen LogP contribution in [-0.4, -0.2) is 37.0 Å². The highest BCUT2D eigenvalue weighted by Gasteiger charge is 2.59. The highest BCUT2D eigenvalue weighted by Crippen LogP contribution is 2.37. The Bertz CT molecular complexity index is 470. The van der Waals surface area contributed by atoms with Gasteiger partial charge in [-0.05, 0) is 25.2 Å². The van der Waals surface area contributed by atoms with Crippen molar-refractivity contribution in [2.24, 2.45) is 17.3 Å². The van der Waals surface area contributed by atoms with E-state index >= 15 is 0 Å². The molecule has 0 aliphatic carbocycles. The van der Waals surface area contributed by atoms with Crippen molar-refractivity contribution < 1.29 is 45.4 Å². The van der Waals surface area contributed by atoms with E-state index in [2.05, 4.69) is 4.74 Å². The van der Waals surface area contributed by atoms with Gasteiger partial charge >= 0.3 is 24.3 Å². The lowest BCUT2D eigenvalue weighted by Crippen LogP contribution is -2.45. The van der Waals surface area contributed by atoms with E-state index in [9.17, 15) is 35.9 Å². The average molecular weight is 394 g/mol. The summed E-state index contributed by atoms with van der Waals surface area (Å²) in [5, 5.41) is 0. The van der Waals surface area contributed by atoms with Crippen molar-refractivity contribution in [2.45, 2.75) is 65.9 Å². The lowest BCUT2D eigenvalue weighted by Gasteiger charge is -2.32. The van der Waals surface area contributed by atoms with E-state index in [0.717, 1.165) is 0 Å². The first-order valence-electron chi connectivity index (χ1n) is 8.02. The van der Waals surface area contributed by atoms with Gasteiger partial charge in [0, 0.05) is 0 Å². The minimum atomic E-state index is -5.78. The maximum Gasteiger partial charge on any atom is 0.434 e. The molecule has 10 heteroatoms. The van der Waals surface area contributed by atoms with Crippen LogP contribution in [0, 0.1) is 17.3 Å². The van der Waals surface area contributed by atoms with Crippen LogP contribution in [0.15, 0.2) is 0 Å². The third kappa shape index (κ3) is 7.41. The number of hydrogen-bond acceptors (Lipinski definition) is 4. The molecule has 1 atom stereocenters. The Morgan fingerprint density at radius 2 is 1.38 bits per heavy atom. The van der Waals surface area contributed by atoms with Crippen molar-refractivity contribution in [3.8, 4) is 0 Å². The number of halogens is 6. The van der Waals surface area contributed by atoms with Crippen LogP contribution < -0.4 is 0 Å². The predicted octanol–water partition coefficient (Wildman–Crippen LogP) is 4.66. The van der Waals surface area contributed by atoms with Crippen molar-refractivity contribution in [3.63, 3.8) is 0 Å². The second-order valence-corrected chi connectivity index (χ2v) is 7.01. The van der Waals surface area contributed by atoms with E-state index < -0.39 is 48.8 Å². The topological polar surface area (TPSA) is 52.6 Å². The predicted molar refractivity (Wildman–Crippen MR) is 80.0 cm³/mol. The molecule has 0 N–H and O–H groups in total. The summed E-state index contributed by atoms with van der Waals surface area (Å²) in [6.45, 7) is 8.34. The van der Waals surface area contributed by atoms with Gasteiger partial charge in [-0.2, -0.15) is 26.3 Å². The van der Waals surface area contributed by atoms with Crippen molar-refractivity contribution >= 4 is 11.9 Å². The Balaban J connectivity index is 4.76. The number of ether oxygens (including phenoxy) is 2. The van der Waals surface area contributed by atoms with Crippen molar-refractivity contribution in [1.29, 1.82) is 0 Å². The lowest BCUT2D eigenvalue weighted by molar-refractivity contribution is -0.313. The fourth-order valence-corrected chi connectivity index (χ4v) is 2.30. The summed E-state index contributed by atoms with van der Waals surface area (Å²) in [5.74, 6) is -2.40. The maximum absolute atomic E-state index is 12.3. The standard InChI is InChI=1S/C16H24F6O4/c1-9(2)8-14(5,10(3)4)13(24)25-7-6-11(23)26-12(15(17,18)19)16(20,21)22/h9-10,12H,6-8H2,1-5H3. The molecule has 0 aromatic rings. The quantitative estimate of drug-likeness (QED) is 0.444. The van der Waals surface area contributed by atoms with Crippen LogP contribution in [0.5, 0.6) is 0 Å². The SMILES string of the molecule is CC(C)CC(C)(C(=O)OCCC(=O)OC(C(F)(F)F)C(F)(F)F)C(C)C. The number of carbonyl (C=O) groups is 2. The zero-order chi connectivity index (χ0) is 20.9. The van der Waals surface area contributed by atoms with E-state index in [-0.39, 0.29) is 11.8 Å². The number of rotatable bonds is 8. The number of hydrogen-bond donors (Lipinski definition) is 0. The minimum absolute atomic E-state index is 0.121. The zero-order valence-corrected chi connectivity index (χ0v) is 15.3. The normalized spacial score (nSPS) is 15.3. The molecule has 0 bridgehead atoms. The average Bonchev–Trinajstić information content (AvgIpc) is 2.41. The van der Waals surface area contributed by atoms with Gasteiger partial charge in [0.25, 0.3) is 6.10 Å². The molecule has 0 aromatic heterocycles. The summed E-state index contributed by atoms with van der Waals surface area (Å²) in [6.07, 6.45) is -16.2. The van der Waals surface area contributed by atoms with Crippen molar-refractivity contribution in [2.75, 3.05) is 6.61 Å². The van der Waals surface area contributed by atoms with E-state index in [4.69, 9.17) is 4.74 Å². The summed E-state index contributed by atoms with van der Waals surface area (Å²) in [7, 11) is 0. The van der Waals surface area contributed by atoms with Crippen LogP contribution in [0.1, 0.15) is 47.5 Å². The second kappa shape index (κ2) is 8.94. The Labute approximate surface area is 148 Å². The molecule has 1 unspecified atom stereocenters. The van der Waals surface area contributed by atoms with Crippen LogP contribution in [0.3, 0.4) is 0 Å². The van der Waals surface area contributed by atoms with Gasteiger partial charge in [0.15, 0.2) is 0 Å². The molecule has 154 valence electrons. The fourth-order valence-electron chi connectivity index (χ4n) is 2.30. The first kappa shape index (κ1) is 24.5. The molecule has 0 aliphatic rings. The number of carbonyl (C=O) groups excluding carboxylic acids is 2. The summed E-state index contributed by atoms with van der Waals surface area (Å²) in [5.41, 5.74) is -0.890. The molecule has 0 fully saturated rings. The molecule has 0 rings (SSSR count). The minimum Gasteiger partial charge on any atom is -0.465 e. The van der Waals surface area contributed by atoms with Gasteiger partial charge in [-0.25, -0.2) is 0 Å². The van der Waals surface area contributed by atoms with Crippen molar-refractivity contribution in [1.82, 2.24) is 0 Å². The molecule has 0 saturated carbocycles. The third-order valence-corrected chi connectivity index (χ3v) is 3.96. The summed E-state index contributed by atoms with van der Waals surface area (Å²) in [6, 6.07) is 0. The molecule has 0 heterocycles. The molecule has 0 spiro atoms. The summed E-state index contributed by atoms with van der Waals surface area (Å²) >= 11 is 0. The lowest BCUT2D eigenvalue weighted by atomic mass is 9.73. The molecule has 0 aliphatic heterocycles. The number of alkyl halides is 6.